The number of hydrogen-bond acceptors (Lipinski definition) is 5. The lowest BCUT2D eigenvalue weighted by molar-refractivity contribution is -0.127. The lowest BCUT2D eigenvalue weighted by Crippen LogP contribution is -2.38. The molecule has 1 aliphatic heterocycles. The fraction of sp³-hybridized carbons (Fsp3) is 0.0500. The van der Waals surface area contributed by atoms with Gasteiger partial charge in [0.2, 0.25) is 15.9 Å². The fourth-order valence-electron chi connectivity index (χ4n) is 2.62. The lowest BCUT2D eigenvalue weighted by atomic mass is 10.2. The summed E-state index contributed by atoms with van der Waals surface area (Å²) >= 11 is 0. The topological polar surface area (TPSA) is 139 Å². The molecular weight excluding hydrogens is 408 g/mol. The van der Waals surface area contributed by atoms with Crippen LogP contribution in [0.3, 0.4) is 0 Å². The van der Waals surface area contributed by atoms with E-state index in [0.29, 0.717) is 5.69 Å². The Kier molecular flexibility index (Phi) is 6.09. The number of rotatable bonds is 6. The Bertz CT molecular complexity index is 1140. The van der Waals surface area contributed by atoms with Crippen LogP contribution in [-0.4, -0.2) is 37.7 Å². The summed E-state index contributed by atoms with van der Waals surface area (Å²) in [7, 11) is -3.84. The molecule has 1 heterocycles. The third-order valence-corrected chi connectivity index (χ3v) is 5.01. The van der Waals surface area contributed by atoms with E-state index in [2.05, 4.69) is 10.6 Å². The molecule has 0 aliphatic carbocycles. The van der Waals surface area contributed by atoms with Crippen LogP contribution in [0.1, 0.15) is 5.56 Å². The molecule has 1 aliphatic rings. The summed E-state index contributed by atoms with van der Waals surface area (Å²) in [5, 5.41) is 9.92. The maximum absolute atomic E-state index is 12.4. The van der Waals surface area contributed by atoms with E-state index in [9.17, 15) is 22.8 Å². The van der Waals surface area contributed by atoms with Gasteiger partial charge in [0.1, 0.15) is 12.2 Å². The SMILES string of the molecule is NS(=O)(=O)c1ccc(NC(=O)CN2C(=O)N/C(=C\C=C\c3ccccc3)C2=O)cc1. The number of imide groups is 1. The van der Waals surface area contributed by atoms with Gasteiger partial charge in [-0.1, -0.05) is 42.5 Å². The average Bonchev–Trinajstić information content (AvgIpc) is 2.96. The summed E-state index contributed by atoms with van der Waals surface area (Å²) in [6.45, 7) is -0.499. The van der Waals surface area contributed by atoms with Crippen LogP contribution in [0.5, 0.6) is 0 Å². The van der Waals surface area contributed by atoms with Gasteiger partial charge in [0, 0.05) is 5.69 Å². The van der Waals surface area contributed by atoms with E-state index in [4.69, 9.17) is 5.14 Å². The molecule has 2 aromatic carbocycles. The highest BCUT2D eigenvalue weighted by Gasteiger charge is 2.34. The fourth-order valence-corrected chi connectivity index (χ4v) is 3.14. The molecule has 4 amide bonds. The number of allylic oxidation sites excluding steroid dienone is 2. The quantitative estimate of drug-likeness (QED) is 0.474. The van der Waals surface area contributed by atoms with Crippen LogP contribution in [0, 0.1) is 0 Å². The van der Waals surface area contributed by atoms with E-state index in [1.54, 1.807) is 12.2 Å². The zero-order chi connectivity index (χ0) is 21.7. The van der Waals surface area contributed by atoms with Crippen LogP contribution < -0.4 is 15.8 Å². The Hall–Kier alpha value is -3.76. The van der Waals surface area contributed by atoms with Gasteiger partial charge in [-0.3, -0.25) is 9.59 Å². The first kappa shape index (κ1) is 21.0. The number of urea groups is 1. The molecule has 2 aromatic rings. The van der Waals surface area contributed by atoms with Crippen molar-refractivity contribution in [1.82, 2.24) is 10.2 Å². The van der Waals surface area contributed by atoms with E-state index < -0.39 is 34.4 Å². The van der Waals surface area contributed by atoms with Crippen molar-refractivity contribution in [2.75, 3.05) is 11.9 Å². The van der Waals surface area contributed by atoms with Gasteiger partial charge >= 0.3 is 6.03 Å². The summed E-state index contributed by atoms with van der Waals surface area (Å²) in [5.74, 6) is -1.25. The number of nitrogens with two attached hydrogens (primary N) is 1. The molecule has 0 atom stereocenters. The lowest BCUT2D eigenvalue weighted by Gasteiger charge is -2.12. The monoisotopic (exact) mass is 426 g/mol. The maximum atomic E-state index is 12.4. The van der Waals surface area contributed by atoms with Gasteiger partial charge in [-0.05, 0) is 35.9 Å². The van der Waals surface area contributed by atoms with Crippen molar-refractivity contribution < 1.29 is 22.8 Å². The molecule has 1 saturated heterocycles. The third kappa shape index (κ3) is 5.19. The van der Waals surface area contributed by atoms with E-state index >= 15 is 0 Å². The molecule has 4 N–H and O–H groups in total. The van der Waals surface area contributed by atoms with Crippen LogP contribution in [-0.2, 0) is 19.6 Å². The average molecular weight is 426 g/mol. The Morgan fingerprint density at radius 2 is 1.73 bits per heavy atom. The number of amides is 4. The predicted molar refractivity (Wildman–Crippen MR) is 110 cm³/mol. The van der Waals surface area contributed by atoms with Crippen LogP contribution in [0.25, 0.3) is 6.08 Å². The summed E-state index contributed by atoms with van der Waals surface area (Å²) in [6, 6.07) is 13.9. The molecule has 0 bridgehead atoms. The van der Waals surface area contributed by atoms with E-state index in [1.165, 1.54) is 30.3 Å². The van der Waals surface area contributed by atoms with Crippen LogP contribution in [0.15, 0.2) is 77.3 Å². The molecular formula is C20H18N4O5S. The highest BCUT2D eigenvalue weighted by molar-refractivity contribution is 7.89. The number of benzene rings is 2. The van der Waals surface area contributed by atoms with Crippen molar-refractivity contribution in [3.63, 3.8) is 0 Å². The van der Waals surface area contributed by atoms with Crippen molar-refractivity contribution in [1.29, 1.82) is 0 Å². The highest BCUT2D eigenvalue weighted by atomic mass is 32.2. The van der Waals surface area contributed by atoms with Gasteiger partial charge in [0.05, 0.1) is 4.90 Å². The van der Waals surface area contributed by atoms with Gasteiger partial charge in [0.25, 0.3) is 5.91 Å². The standard InChI is InChI=1S/C20H18N4O5S/c21-30(28,29)16-11-9-15(10-12-16)22-18(25)13-24-19(26)17(23-20(24)27)8-4-7-14-5-2-1-3-6-14/h1-12H,13H2,(H,22,25)(H,23,27)(H2,21,28,29)/b7-4+,17-8-. The molecule has 0 saturated carbocycles. The van der Waals surface area contributed by atoms with Crippen molar-refractivity contribution in [3.05, 3.63) is 78.0 Å². The first-order valence-electron chi connectivity index (χ1n) is 8.73. The molecule has 30 heavy (non-hydrogen) atoms. The minimum absolute atomic E-state index is 0.0532. The van der Waals surface area contributed by atoms with Gasteiger partial charge in [-0.25, -0.2) is 23.3 Å². The second kappa shape index (κ2) is 8.72. The van der Waals surface area contributed by atoms with Crippen molar-refractivity contribution in [2.24, 2.45) is 5.14 Å². The number of nitrogens with zero attached hydrogens (tertiary/aromatic N) is 1. The van der Waals surface area contributed by atoms with E-state index in [-0.39, 0.29) is 10.6 Å². The molecule has 154 valence electrons. The molecule has 1 fully saturated rings. The molecule has 0 spiro atoms. The number of sulfonamides is 1. The molecule has 0 aromatic heterocycles. The smallest absolute Gasteiger partial charge is 0.325 e. The van der Waals surface area contributed by atoms with Gasteiger partial charge in [-0.15, -0.1) is 0 Å². The van der Waals surface area contributed by atoms with Crippen LogP contribution in [0.2, 0.25) is 0 Å². The van der Waals surface area contributed by atoms with Crippen LogP contribution >= 0.6 is 0 Å². The predicted octanol–water partition coefficient (Wildman–Crippen LogP) is 1.42. The third-order valence-electron chi connectivity index (χ3n) is 4.08. The number of primary sulfonamides is 1. The maximum Gasteiger partial charge on any atom is 0.329 e. The minimum Gasteiger partial charge on any atom is -0.325 e. The highest BCUT2D eigenvalue weighted by Crippen LogP contribution is 2.14. The Balaban J connectivity index is 1.61. The number of hydrogen-bond donors (Lipinski definition) is 3. The summed E-state index contributed by atoms with van der Waals surface area (Å²) < 4.78 is 22.5. The van der Waals surface area contributed by atoms with Crippen molar-refractivity contribution >= 4 is 39.6 Å². The summed E-state index contributed by atoms with van der Waals surface area (Å²) in [6.07, 6.45) is 4.85. The van der Waals surface area contributed by atoms with Gasteiger partial charge in [-0.2, -0.15) is 0 Å². The molecule has 10 heteroatoms. The Morgan fingerprint density at radius 1 is 1.07 bits per heavy atom. The summed E-state index contributed by atoms with van der Waals surface area (Å²) in [5.41, 5.74) is 1.27. The minimum atomic E-state index is -3.84. The van der Waals surface area contributed by atoms with E-state index in [0.717, 1.165) is 10.5 Å². The number of anilines is 1. The van der Waals surface area contributed by atoms with Crippen LogP contribution in [0.4, 0.5) is 10.5 Å². The molecule has 0 unspecified atom stereocenters. The van der Waals surface area contributed by atoms with Gasteiger partial charge < -0.3 is 10.6 Å². The van der Waals surface area contributed by atoms with E-state index in [1.807, 2.05) is 30.3 Å². The Labute approximate surface area is 172 Å². The first-order valence-corrected chi connectivity index (χ1v) is 10.3. The zero-order valence-electron chi connectivity index (χ0n) is 15.6. The second-order valence-electron chi connectivity index (χ2n) is 6.29. The summed E-state index contributed by atoms with van der Waals surface area (Å²) in [4.78, 5) is 37.3. The number of carbonyl (C=O) groups is 3. The molecule has 9 nitrogen and oxygen atoms in total. The number of carbonyl (C=O) groups excluding carboxylic acids is 3. The van der Waals surface area contributed by atoms with Gasteiger partial charge in [0.15, 0.2) is 0 Å². The normalized spacial score (nSPS) is 15.6. The Morgan fingerprint density at radius 3 is 2.37 bits per heavy atom. The number of nitrogens with one attached hydrogen (secondary N) is 2. The molecule has 0 radical (unpaired) electrons. The van der Waals surface area contributed by atoms with Crippen molar-refractivity contribution in [3.8, 4) is 0 Å². The molecule has 3 rings (SSSR count). The first-order chi connectivity index (χ1) is 14.2. The largest absolute Gasteiger partial charge is 0.329 e. The second-order valence-corrected chi connectivity index (χ2v) is 7.85. The zero-order valence-corrected chi connectivity index (χ0v) is 16.4. The van der Waals surface area contributed by atoms with Crippen molar-refractivity contribution in [2.45, 2.75) is 4.90 Å².